The van der Waals surface area contributed by atoms with E-state index in [1.165, 1.54) is 18.6 Å². The summed E-state index contributed by atoms with van der Waals surface area (Å²) in [5.74, 6) is 2.20. The first-order valence-corrected chi connectivity index (χ1v) is 4.71. The lowest BCUT2D eigenvalue weighted by atomic mass is 10.4. The summed E-state index contributed by atoms with van der Waals surface area (Å²) in [4.78, 5) is 0. The first kappa shape index (κ1) is 9.28. The first-order chi connectivity index (χ1) is 4.41. The van der Waals surface area contributed by atoms with Gasteiger partial charge < -0.3 is 0 Å². The van der Waals surface area contributed by atoms with E-state index >= 15 is 0 Å². The SMILES string of the molecule is CCCCSCCCF. The van der Waals surface area contributed by atoms with Gasteiger partial charge in [0.25, 0.3) is 0 Å². The monoisotopic (exact) mass is 150 g/mol. The van der Waals surface area contributed by atoms with Crippen molar-refractivity contribution < 1.29 is 4.39 Å². The van der Waals surface area contributed by atoms with Gasteiger partial charge in [0.2, 0.25) is 0 Å². The molecule has 0 aliphatic carbocycles. The van der Waals surface area contributed by atoms with Crippen LogP contribution in [0.3, 0.4) is 0 Å². The van der Waals surface area contributed by atoms with E-state index in [2.05, 4.69) is 6.92 Å². The molecule has 0 saturated carbocycles. The topological polar surface area (TPSA) is 0 Å². The van der Waals surface area contributed by atoms with E-state index in [0.717, 1.165) is 12.2 Å². The number of hydrogen-bond acceptors (Lipinski definition) is 1. The van der Waals surface area contributed by atoms with Crippen molar-refractivity contribution in [1.29, 1.82) is 0 Å². The van der Waals surface area contributed by atoms with E-state index in [9.17, 15) is 4.39 Å². The van der Waals surface area contributed by atoms with Crippen molar-refractivity contribution in [1.82, 2.24) is 0 Å². The summed E-state index contributed by atoms with van der Waals surface area (Å²) in [7, 11) is 0. The van der Waals surface area contributed by atoms with E-state index < -0.39 is 0 Å². The number of hydrogen-bond donors (Lipinski definition) is 0. The van der Waals surface area contributed by atoms with Crippen molar-refractivity contribution >= 4 is 11.8 Å². The normalized spacial score (nSPS) is 10.0. The zero-order valence-corrected chi connectivity index (χ0v) is 6.85. The Balaban J connectivity index is 2.60. The average molecular weight is 150 g/mol. The molecule has 56 valence electrons. The highest BCUT2D eigenvalue weighted by Crippen LogP contribution is 2.05. The number of halogens is 1. The minimum Gasteiger partial charge on any atom is -0.251 e. The number of rotatable bonds is 6. The second-order valence-electron chi connectivity index (χ2n) is 2.01. The Bertz CT molecular complexity index is 42.2. The molecule has 0 nitrogen and oxygen atoms in total. The lowest BCUT2D eigenvalue weighted by Gasteiger charge is -1.95. The summed E-state index contributed by atoms with van der Waals surface area (Å²) in [6.45, 7) is 2.02. The molecule has 0 unspecified atom stereocenters. The van der Waals surface area contributed by atoms with E-state index in [-0.39, 0.29) is 6.67 Å². The maximum atomic E-state index is 11.5. The largest absolute Gasteiger partial charge is 0.251 e. The van der Waals surface area contributed by atoms with Crippen LogP contribution in [0.15, 0.2) is 0 Å². The number of unbranched alkanes of at least 4 members (excludes halogenated alkanes) is 1. The summed E-state index contributed by atoms with van der Waals surface area (Å²) in [6, 6.07) is 0. The molecule has 0 amide bonds. The molecule has 0 heterocycles. The molecule has 0 aliphatic heterocycles. The Morgan fingerprint density at radius 2 is 1.89 bits per heavy atom. The molecule has 0 bridgehead atoms. The van der Waals surface area contributed by atoms with Crippen LogP contribution in [0.4, 0.5) is 4.39 Å². The van der Waals surface area contributed by atoms with Gasteiger partial charge >= 0.3 is 0 Å². The lowest BCUT2D eigenvalue weighted by Crippen LogP contribution is -1.83. The van der Waals surface area contributed by atoms with Crippen LogP contribution in [0.1, 0.15) is 26.2 Å². The summed E-state index contributed by atoms with van der Waals surface area (Å²) in [6.07, 6.45) is 3.26. The average Bonchev–Trinajstić information content (AvgIpc) is 1.89. The Labute approximate surface area is 61.2 Å². The molecular formula is C7H15FS. The molecule has 0 rings (SSSR count). The van der Waals surface area contributed by atoms with Crippen molar-refractivity contribution in [3.05, 3.63) is 0 Å². The van der Waals surface area contributed by atoms with Gasteiger partial charge in [0.1, 0.15) is 0 Å². The van der Waals surface area contributed by atoms with Crippen LogP contribution in [0.5, 0.6) is 0 Å². The van der Waals surface area contributed by atoms with Crippen molar-refractivity contribution in [2.45, 2.75) is 26.2 Å². The van der Waals surface area contributed by atoms with E-state index in [4.69, 9.17) is 0 Å². The minimum absolute atomic E-state index is 0.154. The number of thioether (sulfide) groups is 1. The molecule has 0 atom stereocenters. The standard InChI is InChI=1S/C7H15FS/c1-2-3-6-9-7-4-5-8/h2-7H2,1H3. The highest BCUT2D eigenvalue weighted by molar-refractivity contribution is 7.99. The predicted octanol–water partition coefficient (Wildman–Crippen LogP) is 2.88. The zero-order valence-electron chi connectivity index (χ0n) is 6.03. The first-order valence-electron chi connectivity index (χ1n) is 3.55. The quantitative estimate of drug-likeness (QED) is 0.525. The van der Waals surface area contributed by atoms with E-state index in [0.29, 0.717) is 0 Å². The third-order valence-electron chi connectivity index (χ3n) is 1.06. The maximum absolute atomic E-state index is 11.5. The molecular weight excluding hydrogens is 135 g/mol. The van der Waals surface area contributed by atoms with Gasteiger partial charge in [-0.3, -0.25) is 4.39 Å². The minimum atomic E-state index is -0.154. The van der Waals surface area contributed by atoms with Crippen LogP contribution in [0, 0.1) is 0 Å². The van der Waals surface area contributed by atoms with Crippen LogP contribution < -0.4 is 0 Å². The summed E-state index contributed by atoms with van der Waals surface area (Å²) in [5.41, 5.74) is 0. The fraction of sp³-hybridized carbons (Fsp3) is 1.00. The van der Waals surface area contributed by atoms with Crippen molar-refractivity contribution in [2.24, 2.45) is 0 Å². The molecule has 0 spiro atoms. The Kier molecular flexibility index (Phi) is 8.54. The molecule has 0 aromatic rings. The smallest absolute Gasteiger partial charge is 0.0902 e. The van der Waals surface area contributed by atoms with Crippen LogP contribution in [-0.4, -0.2) is 18.2 Å². The van der Waals surface area contributed by atoms with E-state index in [1.54, 1.807) is 0 Å². The second kappa shape index (κ2) is 8.28. The van der Waals surface area contributed by atoms with Gasteiger partial charge in [-0.15, -0.1) is 0 Å². The molecule has 0 fully saturated rings. The van der Waals surface area contributed by atoms with Gasteiger partial charge in [0, 0.05) is 0 Å². The predicted molar refractivity (Wildman–Crippen MR) is 42.8 cm³/mol. The Morgan fingerprint density at radius 3 is 2.44 bits per heavy atom. The Hall–Kier alpha value is 0.280. The highest BCUT2D eigenvalue weighted by Gasteiger charge is 1.86. The van der Waals surface area contributed by atoms with Crippen LogP contribution in [0.25, 0.3) is 0 Å². The van der Waals surface area contributed by atoms with Crippen LogP contribution >= 0.6 is 11.8 Å². The fourth-order valence-corrected chi connectivity index (χ4v) is 1.52. The van der Waals surface area contributed by atoms with Gasteiger partial charge in [-0.1, -0.05) is 13.3 Å². The van der Waals surface area contributed by atoms with Crippen molar-refractivity contribution in [3.8, 4) is 0 Å². The second-order valence-corrected chi connectivity index (χ2v) is 3.23. The van der Waals surface area contributed by atoms with E-state index in [1.807, 2.05) is 11.8 Å². The van der Waals surface area contributed by atoms with Crippen LogP contribution in [-0.2, 0) is 0 Å². The molecule has 0 aliphatic rings. The van der Waals surface area contributed by atoms with Gasteiger partial charge in [-0.05, 0) is 24.3 Å². The molecule has 0 aromatic carbocycles. The van der Waals surface area contributed by atoms with Gasteiger partial charge in [0.05, 0.1) is 6.67 Å². The molecule has 2 heteroatoms. The lowest BCUT2D eigenvalue weighted by molar-refractivity contribution is 0.489. The maximum Gasteiger partial charge on any atom is 0.0902 e. The van der Waals surface area contributed by atoms with Gasteiger partial charge in [0.15, 0.2) is 0 Å². The van der Waals surface area contributed by atoms with Gasteiger partial charge in [-0.25, -0.2) is 0 Å². The summed E-state index contributed by atoms with van der Waals surface area (Å²) >= 11 is 1.86. The molecule has 9 heavy (non-hydrogen) atoms. The third-order valence-corrected chi connectivity index (χ3v) is 2.22. The highest BCUT2D eigenvalue weighted by atomic mass is 32.2. The third kappa shape index (κ3) is 8.28. The summed E-state index contributed by atoms with van der Waals surface area (Å²) in [5, 5.41) is 0. The summed E-state index contributed by atoms with van der Waals surface area (Å²) < 4.78 is 11.5. The van der Waals surface area contributed by atoms with Crippen molar-refractivity contribution in [2.75, 3.05) is 18.2 Å². The van der Waals surface area contributed by atoms with Crippen LogP contribution in [0.2, 0.25) is 0 Å². The molecule has 0 radical (unpaired) electrons. The molecule has 0 aromatic heterocycles. The molecule has 0 saturated heterocycles. The fourth-order valence-electron chi connectivity index (χ4n) is 0.505. The van der Waals surface area contributed by atoms with Gasteiger partial charge in [-0.2, -0.15) is 11.8 Å². The zero-order chi connectivity index (χ0) is 6.95. The van der Waals surface area contributed by atoms with Crippen molar-refractivity contribution in [3.63, 3.8) is 0 Å². The Morgan fingerprint density at radius 1 is 1.22 bits per heavy atom. The molecule has 0 N–H and O–H groups in total. The number of alkyl halides is 1.